The molecular formula is C13H10N2O2S. The third kappa shape index (κ3) is 1.57. The number of amides is 1. The van der Waals surface area contributed by atoms with E-state index in [0.29, 0.717) is 24.2 Å². The number of fused-ring (bicyclic) bond motifs is 1. The SMILES string of the molecule is N#Cc1oc2ccccc2c1N1CC(S)CC1=O. The Morgan fingerprint density at radius 2 is 2.22 bits per heavy atom. The fourth-order valence-corrected chi connectivity index (χ4v) is 2.60. The fourth-order valence-electron chi connectivity index (χ4n) is 2.28. The summed E-state index contributed by atoms with van der Waals surface area (Å²) in [5.41, 5.74) is 1.20. The first kappa shape index (κ1) is 11.2. The van der Waals surface area contributed by atoms with Crippen molar-refractivity contribution in [3.8, 4) is 6.07 Å². The summed E-state index contributed by atoms with van der Waals surface area (Å²) in [7, 11) is 0. The number of carbonyl (C=O) groups is 1. The van der Waals surface area contributed by atoms with Crippen molar-refractivity contribution in [2.24, 2.45) is 0 Å². The van der Waals surface area contributed by atoms with Gasteiger partial charge in [0.2, 0.25) is 11.7 Å². The zero-order valence-electron chi connectivity index (χ0n) is 9.46. The van der Waals surface area contributed by atoms with Crippen LogP contribution in [-0.2, 0) is 4.79 Å². The number of benzene rings is 1. The third-order valence-electron chi connectivity index (χ3n) is 3.05. The maximum Gasteiger partial charge on any atom is 0.228 e. The van der Waals surface area contributed by atoms with Crippen LogP contribution in [0, 0.1) is 11.3 Å². The number of anilines is 1. The van der Waals surface area contributed by atoms with E-state index in [9.17, 15) is 4.79 Å². The van der Waals surface area contributed by atoms with Crippen molar-refractivity contribution in [2.75, 3.05) is 11.4 Å². The number of hydrogen-bond acceptors (Lipinski definition) is 4. The summed E-state index contributed by atoms with van der Waals surface area (Å²) >= 11 is 4.32. The molecule has 5 heteroatoms. The molecule has 1 aliphatic heterocycles. The van der Waals surface area contributed by atoms with Crippen molar-refractivity contribution in [1.29, 1.82) is 5.26 Å². The quantitative estimate of drug-likeness (QED) is 0.799. The largest absolute Gasteiger partial charge is 0.443 e. The molecular weight excluding hydrogens is 248 g/mol. The van der Waals surface area contributed by atoms with E-state index < -0.39 is 0 Å². The van der Waals surface area contributed by atoms with Crippen LogP contribution < -0.4 is 4.90 Å². The standard InChI is InChI=1S/C13H10N2O2S/c14-6-11-13(15-7-8(18)5-12(15)16)9-3-1-2-4-10(9)17-11/h1-4,8,18H,5,7H2. The summed E-state index contributed by atoms with van der Waals surface area (Å²) in [6.07, 6.45) is 0.396. The molecule has 18 heavy (non-hydrogen) atoms. The van der Waals surface area contributed by atoms with Gasteiger partial charge in [-0.2, -0.15) is 17.9 Å². The van der Waals surface area contributed by atoms with Gasteiger partial charge in [-0.25, -0.2) is 0 Å². The van der Waals surface area contributed by atoms with Gasteiger partial charge in [0.05, 0.1) is 0 Å². The zero-order valence-corrected chi connectivity index (χ0v) is 10.4. The molecule has 0 saturated carbocycles. The summed E-state index contributed by atoms with van der Waals surface area (Å²) in [4.78, 5) is 13.5. The molecule has 1 atom stereocenters. The van der Waals surface area contributed by atoms with Crippen LogP contribution in [0.5, 0.6) is 0 Å². The average molecular weight is 258 g/mol. The number of thiol groups is 1. The van der Waals surface area contributed by atoms with E-state index in [1.807, 2.05) is 24.3 Å². The number of furan rings is 1. The monoisotopic (exact) mass is 258 g/mol. The molecule has 0 aliphatic carbocycles. The highest BCUT2D eigenvalue weighted by atomic mass is 32.1. The molecule has 1 fully saturated rings. The fraction of sp³-hybridized carbons (Fsp3) is 0.231. The summed E-state index contributed by atoms with van der Waals surface area (Å²) < 4.78 is 5.46. The Morgan fingerprint density at radius 3 is 2.89 bits per heavy atom. The molecule has 3 rings (SSSR count). The summed E-state index contributed by atoms with van der Waals surface area (Å²) in [5.74, 6) is 0.171. The lowest BCUT2D eigenvalue weighted by Gasteiger charge is -2.14. The number of carbonyl (C=O) groups excluding carboxylic acids is 1. The zero-order chi connectivity index (χ0) is 12.7. The molecule has 1 saturated heterocycles. The van der Waals surface area contributed by atoms with Gasteiger partial charge in [-0.3, -0.25) is 4.79 Å². The molecule has 2 heterocycles. The van der Waals surface area contributed by atoms with Crippen LogP contribution in [0.3, 0.4) is 0 Å². The molecule has 1 unspecified atom stereocenters. The number of para-hydroxylation sites is 1. The normalized spacial score (nSPS) is 19.4. The first-order chi connectivity index (χ1) is 8.70. The second-order valence-electron chi connectivity index (χ2n) is 4.25. The van der Waals surface area contributed by atoms with Gasteiger partial charge in [0.15, 0.2) is 0 Å². The molecule has 0 bridgehead atoms. The minimum absolute atomic E-state index is 0.0118. The van der Waals surface area contributed by atoms with Gasteiger partial charge in [-0.15, -0.1) is 0 Å². The summed E-state index contributed by atoms with van der Waals surface area (Å²) in [6.45, 7) is 0.514. The average Bonchev–Trinajstić information content (AvgIpc) is 2.88. The molecule has 0 radical (unpaired) electrons. The Balaban J connectivity index is 2.22. The highest BCUT2D eigenvalue weighted by molar-refractivity contribution is 7.81. The second kappa shape index (κ2) is 4.07. The second-order valence-corrected chi connectivity index (χ2v) is 4.98. The van der Waals surface area contributed by atoms with E-state index >= 15 is 0 Å². The Morgan fingerprint density at radius 1 is 1.44 bits per heavy atom. The van der Waals surface area contributed by atoms with E-state index in [1.165, 1.54) is 0 Å². The first-order valence-electron chi connectivity index (χ1n) is 5.61. The minimum Gasteiger partial charge on any atom is -0.443 e. The van der Waals surface area contributed by atoms with Crippen molar-refractivity contribution >= 4 is 35.2 Å². The summed E-state index contributed by atoms with van der Waals surface area (Å²) in [5, 5.41) is 9.94. The van der Waals surface area contributed by atoms with Crippen LogP contribution in [0.25, 0.3) is 11.0 Å². The Hall–Kier alpha value is -1.93. The molecule has 0 N–H and O–H groups in total. The van der Waals surface area contributed by atoms with Crippen LogP contribution in [0.2, 0.25) is 0 Å². The van der Waals surface area contributed by atoms with Gasteiger partial charge in [-0.05, 0) is 12.1 Å². The molecule has 1 aliphatic rings. The third-order valence-corrected chi connectivity index (χ3v) is 3.39. The maximum atomic E-state index is 11.9. The van der Waals surface area contributed by atoms with Gasteiger partial charge < -0.3 is 9.32 Å². The molecule has 1 aromatic carbocycles. The molecule has 2 aromatic rings. The minimum atomic E-state index is -0.0157. The van der Waals surface area contributed by atoms with E-state index in [2.05, 4.69) is 12.6 Å². The van der Waals surface area contributed by atoms with E-state index in [4.69, 9.17) is 9.68 Å². The highest BCUT2D eigenvalue weighted by Gasteiger charge is 2.32. The van der Waals surface area contributed by atoms with Gasteiger partial charge in [0.25, 0.3) is 0 Å². The van der Waals surface area contributed by atoms with Gasteiger partial charge in [0.1, 0.15) is 17.3 Å². The topological polar surface area (TPSA) is 57.2 Å². The van der Waals surface area contributed by atoms with Crippen LogP contribution in [0.15, 0.2) is 28.7 Å². The Bertz CT molecular complexity index is 671. The molecule has 1 amide bonds. The lowest BCUT2D eigenvalue weighted by molar-refractivity contribution is -0.117. The van der Waals surface area contributed by atoms with Crippen molar-refractivity contribution in [1.82, 2.24) is 0 Å². The van der Waals surface area contributed by atoms with Crippen LogP contribution in [-0.4, -0.2) is 17.7 Å². The Kier molecular flexibility index (Phi) is 2.53. The predicted octanol–water partition coefficient (Wildman–Crippen LogP) is 2.34. The number of nitriles is 1. The van der Waals surface area contributed by atoms with Crippen LogP contribution >= 0.6 is 12.6 Å². The van der Waals surface area contributed by atoms with E-state index in [0.717, 1.165) is 5.39 Å². The molecule has 90 valence electrons. The van der Waals surface area contributed by atoms with Crippen molar-refractivity contribution in [2.45, 2.75) is 11.7 Å². The summed E-state index contributed by atoms with van der Waals surface area (Å²) in [6, 6.07) is 9.36. The van der Waals surface area contributed by atoms with E-state index in [-0.39, 0.29) is 16.9 Å². The number of rotatable bonds is 1. The molecule has 1 aromatic heterocycles. The van der Waals surface area contributed by atoms with Crippen LogP contribution in [0.4, 0.5) is 5.69 Å². The smallest absolute Gasteiger partial charge is 0.228 e. The predicted molar refractivity (Wildman–Crippen MR) is 70.7 cm³/mol. The maximum absolute atomic E-state index is 11.9. The van der Waals surface area contributed by atoms with Crippen molar-refractivity contribution in [3.05, 3.63) is 30.0 Å². The van der Waals surface area contributed by atoms with E-state index in [1.54, 1.807) is 11.0 Å². The van der Waals surface area contributed by atoms with Gasteiger partial charge in [-0.1, -0.05) is 12.1 Å². The number of nitrogens with zero attached hydrogens (tertiary/aromatic N) is 2. The lowest BCUT2D eigenvalue weighted by Crippen LogP contribution is -2.25. The molecule has 4 nitrogen and oxygen atoms in total. The van der Waals surface area contributed by atoms with Crippen LogP contribution in [0.1, 0.15) is 12.2 Å². The van der Waals surface area contributed by atoms with Gasteiger partial charge >= 0.3 is 0 Å². The van der Waals surface area contributed by atoms with Crippen molar-refractivity contribution in [3.63, 3.8) is 0 Å². The number of hydrogen-bond donors (Lipinski definition) is 1. The van der Waals surface area contributed by atoms with Crippen molar-refractivity contribution < 1.29 is 9.21 Å². The van der Waals surface area contributed by atoms with Gasteiger partial charge in [0, 0.05) is 23.6 Å². The Labute approximate surface area is 109 Å². The highest BCUT2D eigenvalue weighted by Crippen LogP contribution is 2.36. The first-order valence-corrected chi connectivity index (χ1v) is 6.12. The lowest BCUT2D eigenvalue weighted by atomic mass is 10.2. The molecule has 0 spiro atoms.